The summed E-state index contributed by atoms with van der Waals surface area (Å²) in [7, 11) is 0. The van der Waals surface area contributed by atoms with Gasteiger partial charge in [0.05, 0.1) is 11.5 Å². The van der Waals surface area contributed by atoms with E-state index < -0.39 is 11.9 Å². The van der Waals surface area contributed by atoms with Crippen LogP contribution in [0.15, 0.2) is 85.2 Å². The quantitative estimate of drug-likeness (QED) is 0.346. The normalized spacial score (nSPS) is 11.8. The van der Waals surface area contributed by atoms with Crippen molar-refractivity contribution in [1.29, 1.82) is 0 Å². The van der Waals surface area contributed by atoms with E-state index in [1.165, 1.54) is 0 Å². The summed E-state index contributed by atoms with van der Waals surface area (Å²) in [5.74, 6) is -0.330. The van der Waals surface area contributed by atoms with Gasteiger partial charge in [-0.2, -0.15) is 0 Å². The first-order valence-corrected chi connectivity index (χ1v) is 10.5. The predicted octanol–water partition coefficient (Wildman–Crippen LogP) is 4.62. The highest BCUT2D eigenvalue weighted by molar-refractivity contribution is 5.91. The van der Waals surface area contributed by atoms with Gasteiger partial charge < -0.3 is 10.5 Å². The Morgan fingerprint density at radius 3 is 2.53 bits per heavy atom. The van der Waals surface area contributed by atoms with Crippen LogP contribution < -0.4 is 10.5 Å². The molecule has 2 N–H and O–H groups in total. The average Bonchev–Trinajstić information content (AvgIpc) is 2.81. The first kappa shape index (κ1) is 21.4. The van der Waals surface area contributed by atoms with Gasteiger partial charge in [-0.1, -0.05) is 48.5 Å². The molecule has 5 nitrogen and oxygen atoms in total. The number of ketones is 1. The fourth-order valence-electron chi connectivity index (χ4n) is 3.76. The molecule has 1 unspecified atom stereocenters. The lowest BCUT2D eigenvalue weighted by atomic mass is 9.90. The molecule has 0 saturated heterocycles. The Kier molecular flexibility index (Phi) is 6.38. The molecular formula is C27H24N2O3. The van der Waals surface area contributed by atoms with Crippen LogP contribution in [0.2, 0.25) is 0 Å². The van der Waals surface area contributed by atoms with Gasteiger partial charge >= 0.3 is 5.97 Å². The van der Waals surface area contributed by atoms with E-state index in [-0.39, 0.29) is 12.3 Å². The van der Waals surface area contributed by atoms with Crippen molar-refractivity contribution in [1.82, 2.24) is 4.98 Å². The lowest BCUT2D eigenvalue weighted by Crippen LogP contribution is -2.23. The van der Waals surface area contributed by atoms with Crippen molar-refractivity contribution in [2.45, 2.75) is 19.3 Å². The molecule has 0 aliphatic heterocycles. The Balaban J connectivity index is 1.49. The van der Waals surface area contributed by atoms with Crippen molar-refractivity contribution in [3.63, 3.8) is 0 Å². The highest BCUT2D eigenvalue weighted by Crippen LogP contribution is 2.26. The van der Waals surface area contributed by atoms with Crippen LogP contribution in [-0.2, 0) is 11.2 Å². The summed E-state index contributed by atoms with van der Waals surface area (Å²) in [4.78, 5) is 29.5. The monoisotopic (exact) mass is 424 g/mol. The number of Topliss-reactive ketones (excluding diaryl/α,β-unsaturated/α-hetero) is 1. The smallest absolute Gasteiger partial charge is 0.343 e. The molecule has 160 valence electrons. The number of aromatic nitrogens is 1. The van der Waals surface area contributed by atoms with Crippen molar-refractivity contribution in [2.75, 3.05) is 6.54 Å². The molecular weight excluding hydrogens is 400 g/mol. The van der Waals surface area contributed by atoms with Gasteiger partial charge in [-0.15, -0.1) is 0 Å². The summed E-state index contributed by atoms with van der Waals surface area (Å²) in [6.07, 6.45) is 3.84. The van der Waals surface area contributed by atoms with E-state index in [4.69, 9.17) is 10.5 Å². The fraction of sp³-hybridized carbons (Fsp3) is 0.148. The molecule has 0 saturated carbocycles. The lowest BCUT2D eigenvalue weighted by Gasteiger charge is -2.16. The molecule has 3 aromatic carbocycles. The number of nitrogens with two attached hydrogens (primary N) is 1. The first-order valence-electron chi connectivity index (χ1n) is 10.5. The molecule has 0 bridgehead atoms. The third kappa shape index (κ3) is 4.74. The van der Waals surface area contributed by atoms with Crippen molar-refractivity contribution < 1.29 is 14.3 Å². The molecule has 1 atom stereocenters. The standard InChI is InChI=1S/C27H24N2O3/c1-18-13-22(9-10-26(18)32-27(31)20-5-3-2-4-6-20)24(16-28)25(30)15-19-7-8-23-17-29-12-11-21(23)14-19/h2-14,17,24H,15-16,28H2,1H3. The molecule has 1 aromatic heterocycles. The van der Waals surface area contributed by atoms with Crippen LogP contribution in [0.3, 0.4) is 0 Å². The topological polar surface area (TPSA) is 82.3 Å². The molecule has 0 fully saturated rings. The number of aryl methyl sites for hydroxylation is 1. The SMILES string of the molecule is Cc1cc(C(CN)C(=O)Cc2ccc3cnccc3c2)ccc1OC(=O)c1ccccc1. The van der Waals surface area contributed by atoms with Gasteiger partial charge in [0, 0.05) is 30.7 Å². The highest BCUT2D eigenvalue weighted by atomic mass is 16.5. The molecule has 0 radical (unpaired) electrons. The zero-order valence-electron chi connectivity index (χ0n) is 17.8. The Morgan fingerprint density at radius 2 is 1.78 bits per heavy atom. The second-order valence-electron chi connectivity index (χ2n) is 7.77. The van der Waals surface area contributed by atoms with Crippen LogP contribution in [0.25, 0.3) is 10.8 Å². The zero-order valence-corrected chi connectivity index (χ0v) is 17.8. The van der Waals surface area contributed by atoms with Crippen molar-refractivity contribution in [2.24, 2.45) is 5.73 Å². The second-order valence-corrected chi connectivity index (χ2v) is 7.77. The van der Waals surface area contributed by atoms with Crippen molar-refractivity contribution in [3.8, 4) is 5.75 Å². The van der Waals surface area contributed by atoms with E-state index in [1.54, 1.807) is 42.7 Å². The van der Waals surface area contributed by atoms with Gasteiger partial charge in [0.1, 0.15) is 11.5 Å². The lowest BCUT2D eigenvalue weighted by molar-refractivity contribution is -0.119. The maximum atomic E-state index is 13.1. The number of carbonyl (C=O) groups excluding carboxylic acids is 2. The number of rotatable bonds is 7. The van der Waals surface area contributed by atoms with E-state index in [9.17, 15) is 9.59 Å². The summed E-state index contributed by atoms with van der Waals surface area (Å²) in [6, 6.07) is 22.1. The number of ether oxygens (including phenoxy) is 1. The van der Waals surface area contributed by atoms with Gasteiger partial charge in [-0.05, 0) is 53.3 Å². The van der Waals surface area contributed by atoms with Gasteiger partial charge in [0.2, 0.25) is 0 Å². The van der Waals surface area contributed by atoms with Crippen molar-refractivity contribution >= 4 is 22.5 Å². The third-order valence-electron chi connectivity index (χ3n) is 5.52. The van der Waals surface area contributed by atoms with Crippen LogP contribution in [0.1, 0.15) is 33.0 Å². The maximum Gasteiger partial charge on any atom is 0.343 e. The predicted molar refractivity (Wildman–Crippen MR) is 125 cm³/mol. The summed E-state index contributed by atoms with van der Waals surface area (Å²) in [6.45, 7) is 2.06. The number of fused-ring (bicyclic) bond motifs is 1. The van der Waals surface area contributed by atoms with Gasteiger partial charge in [-0.25, -0.2) is 4.79 Å². The molecule has 0 aliphatic carbocycles. The van der Waals surface area contributed by atoms with Crippen LogP contribution in [0, 0.1) is 6.92 Å². The molecule has 0 spiro atoms. The Morgan fingerprint density at radius 1 is 0.969 bits per heavy atom. The average molecular weight is 425 g/mol. The van der Waals surface area contributed by atoms with Crippen LogP contribution in [-0.4, -0.2) is 23.3 Å². The molecule has 1 heterocycles. The summed E-state index contributed by atoms with van der Waals surface area (Å²) >= 11 is 0. The Labute approximate surface area is 186 Å². The van der Waals surface area contributed by atoms with Crippen LogP contribution in [0.5, 0.6) is 5.75 Å². The molecule has 0 aliphatic rings. The van der Waals surface area contributed by atoms with Gasteiger partial charge in [0.15, 0.2) is 0 Å². The largest absolute Gasteiger partial charge is 0.423 e. The Bertz CT molecular complexity index is 1270. The van der Waals surface area contributed by atoms with E-state index in [1.807, 2.05) is 49.4 Å². The highest BCUT2D eigenvalue weighted by Gasteiger charge is 2.21. The minimum absolute atomic E-state index is 0.0503. The summed E-state index contributed by atoms with van der Waals surface area (Å²) in [5, 5.41) is 2.09. The molecule has 5 heteroatoms. The first-order chi connectivity index (χ1) is 15.5. The minimum atomic E-state index is -0.430. The fourth-order valence-corrected chi connectivity index (χ4v) is 3.76. The minimum Gasteiger partial charge on any atom is -0.423 e. The molecule has 32 heavy (non-hydrogen) atoms. The summed E-state index contributed by atoms with van der Waals surface area (Å²) < 4.78 is 5.54. The summed E-state index contributed by atoms with van der Waals surface area (Å²) in [5.41, 5.74) is 9.00. The Hall–Kier alpha value is -3.83. The van der Waals surface area contributed by atoms with Crippen LogP contribution >= 0.6 is 0 Å². The molecule has 0 amide bonds. The maximum absolute atomic E-state index is 13.1. The van der Waals surface area contributed by atoms with Crippen molar-refractivity contribution in [3.05, 3.63) is 107 Å². The number of benzene rings is 3. The third-order valence-corrected chi connectivity index (χ3v) is 5.52. The number of carbonyl (C=O) groups is 2. The number of pyridine rings is 1. The van der Waals surface area contributed by atoms with E-state index in [0.29, 0.717) is 17.7 Å². The number of hydrogen-bond donors (Lipinski definition) is 1. The second kappa shape index (κ2) is 9.54. The molecule has 4 rings (SSSR count). The van der Waals surface area contributed by atoms with E-state index in [2.05, 4.69) is 4.98 Å². The van der Waals surface area contributed by atoms with Crippen LogP contribution in [0.4, 0.5) is 0 Å². The van der Waals surface area contributed by atoms with E-state index in [0.717, 1.165) is 27.5 Å². The van der Waals surface area contributed by atoms with E-state index >= 15 is 0 Å². The van der Waals surface area contributed by atoms with Gasteiger partial charge in [-0.3, -0.25) is 9.78 Å². The number of hydrogen-bond acceptors (Lipinski definition) is 5. The number of esters is 1. The van der Waals surface area contributed by atoms with Gasteiger partial charge in [0.25, 0.3) is 0 Å². The number of nitrogens with zero attached hydrogens (tertiary/aromatic N) is 1. The molecule has 4 aromatic rings. The zero-order chi connectivity index (χ0) is 22.5.